The zero-order valence-electron chi connectivity index (χ0n) is 12.5. The first-order valence-electron chi connectivity index (χ1n) is 6.55. The Labute approximate surface area is 132 Å². The second-order valence-corrected chi connectivity index (χ2v) is 6.27. The first-order valence-corrected chi connectivity index (χ1v) is 6.93. The molecule has 20 heavy (non-hydrogen) atoms. The summed E-state index contributed by atoms with van der Waals surface area (Å²) in [5.41, 5.74) is 6.96. The summed E-state index contributed by atoms with van der Waals surface area (Å²) < 4.78 is 0. The van der Waals surface area contributed by atoms with Gasteiger partial charge in [0.15, 0.2) is 0 Å². The van der Waals surface area contributed by atoms with Gasteiger partial charge in [0.1, 0.15) is 0 Å². The SMILES string of the molecule is Cc1cc(Cl)cc(C(=O)NC(C)(CN)CC(C)C)c1.Cl. The number of amides is 1. The van der Waals surface area contributed by atoms with E-state index in [-0.39, 0.29) is 23.9 Å². The summed E-state index contributed by atoms with van der Waals surface area (Å²) >= 11 is 5.98. The van der Waals surface area contributed by atoms with Gasteiger partial charge in [-0.05, 0) is 49.9 Å². The molecule has 0 saturated heterocycles. The third kappa shape index (κ3) is 5.70. The number of hydrogen-bond acceptors (Lipinski definition) is 2. The second kappa shape index (κ2) is 7.87. The lowest BCUT2D eigenvalue weighted by molar-refractivity contribution is 0.0898. The van der Waals surface area contributed by atoms with Gasteiger partial charge in [-0.15, -0.1) is 12.4 Å². The van der Waals surface area contributed by atoms with Crippen LogP contribution in [0.1, 0.15) is 43.1 Å². The maximum atomic E-state index is 12.3. The van der Waals surface area contributed by atoms with Crippen LogP contribution >= 0.6 is 24.0 Å². The van der Waals surface area contributed by atoms with Crippen molar-refractivity contribution < 1.29 is 4.79 Å². The molecule has 3 nitrogen and oxygen atoms in total. The predicted octanol–water partition coefficient (Wildman–Crippen LogP) is 3.56. The molecule has 1 atom stereocenters. The van der Waals surface area contributed by atoms with Crippen molar-refractivity contribution in [3.8, 4) is 0 Å². The smallest absolute Gasteiger partial charge is 0.251 e. The highest BCUT2D eigenvalue weighted by Crippen LogP contribution is 2.18. The van der Waals surface area contributed by atoms with Gasteiger partial charge in [0.2, 0.25) is 0 Å². The fraction of sp³-hybridized carbons (Fsp3) is 0.533. The first kappa shape index (κ1) is 19.2. The predicted molar refractivity (Wildman–Crippen MR) is 87.8 cm³/mol. The van der Waals surface area contributed by atoms with Crippen LogP contribution in [0.5, 0.6) is 0 Å². The summed E-state index contributed by atoms with van der Waals surface area (Å²) in [5.74, 6) is 0.342. The molecule has 0 spiro atoms. The van der Waals surface area contributed by atoms with E-state index in [1.165, 1.54) is 0 Å². The standard InChI is InChI=1S/C15H23ClN2O.ClH/c1-10(2)8-15(4,9-17)18-14(19)12-5-11(3)6-13(16)7-12;/h5-7,10H,8-9,17H2,1-4H3,(H,18,19);1H. The van der Waals surface area contributed by atoms with Crippen LogP contribution in [0.25, 0.3) is 0 Å². The lowest BCUT2D eigenvalue weighted by Gasteiger charge is -2.31. The van der Waals surface area contributed by atoms with E-state index in [1.807, 2.05) is 26.0 Å². The van der Waals surface area contributed by atoms with Crippen LogP contribution in [0.3, 0.4) is 0 Å². The maximum Gasteiger partial charge on any atom is 0.251 e. The second-order valence-electron chi connectivity index (χ2n) is 5.83. The van der Waals surface area contributed by atoms with E-state index in [1.54, 1.807) is 6.07 Å². The average molecular weight is 319 g/mol. The van der Waals surface area contributed by atoms with Crippen LogP contribution in [-0.2, 0) is 0 Å². The summed E-state index contributed by atoms with van der Waals surface area (Å²) in [4.78, 5) is 12.3. The molecule has 1 aromatic rings. The van der Waals surface area contributed by atoms with Crippen LogP contribution in [0.4, 0.5) is 0 Å². The molecule has 1 aromatic carbocycles. The van der Waals surface area contributed by atoms with E-state index in [2.05, 4.69) is 19.2 Å². The van der Waals surface area contributed by atoms with Gasteiger partial charge in [0.05, 0.1) is 0 Å². The highest BCUT2D eigenvalue weighted by Gasteiger charge is 2.26. The van der Waals surface area contributed by atoms with Crippen molar-refractivity contribution in [1.29, 1.82) is 0 Å². The van der Waals surface area contributed by atoms with E-state index < -0.39 is 0 Å². The van der Waals surface area contributed by atoms with Crippen LogP contribution in [0.15, 0.2) is 18.2 Å². The van der Waals surface area contributed by atoms with Crippen LogP contribution in [0, 0.1) is 12.8 Å². The Hall–Kier alpha value is -0.770. The zero-order valence-corrected chi connectivity index (χ0v) is 14.1. The van der Waals surface area contributed by atoms with Gasteiger partial charge in [0.25, 0.3) is 5.91 Å². The maximum absolute atomic E-state index is 12.3. The van der Waals surface area contributed by atoms with E-state index in [0.717, 1.165) is 12.0 Å². The van der Waals surface area contributed by atoms with E-state index >= 15 is 0 Å². The van der Waals surface area contributed by atoms with E-state index in [0.29, 0.717) is 23.0 Å². The molecule has 0 radical (unpaired) electrons. The van der Waals surface area contributed by atoms with Crippen LogP contribution < -0.4 is 11.1 Å². The molecule has 114 valence electrons. The molecule has 0 bridgehead atoms. The number of rotatable bonds is 5. The number of halogens is 2. The van der Waals surface area contributed by atoms with E-state index in [9.17, 15) is 4.79 Å². The Bertz CT molecular complexity index is 443. The van der Waals surface area contributed by atoms with Crippen molar-refractivity contribution >= 4 is 29.9 Å². The Balaban J connectivity index is 0.00000361. The highest BCUT2D eigenvalue weighted by molar-refractivity contribution is 6.31. The molecule has 3 N–H and O–H groups in total. The molecule has 1 rings (SSSR count). The number of hydrogen-bond donors (Lipinski definition) is 2. The summed E-state index contributed by atoms with van der Waals surface area (Å²) in [6.45, 7) is 8.53. The van der Waals surface area contributed by atoms with Gasteiger partial charge in [-0.1, -0.05) is 25.4 Å². The lowest BCUT2D eigenvalue weighted by atomic mass is 9.90. The average Bonchev–Trinajstić information content (AvgIpc) is 2.26. The largest absolute Gasteiger partial charge is 0.346 e. The molecule has 0 saturated carbocycles. The molecule has 1 unspecified atom stereocenters. The Morgan fingerprint density at radius 3 is 2.45 bits per heavy atom. The molecule has 0 heterocycles. The van der Waals surface area contributed by atoms with Crippen LogP contribution in [-0.4, -0.2) is 18.0 Å². The van der Waals surface area contributed by atoms with Gasteiger partial charge in [-0.25, -0.2) is 0 Å². The quantitative estimate of drug-likeness (QED) is 0.872. The van der Waals surface area contributed by atoms with Crippen molar-refractivity contribution in [3.63, 3.8) is 0 Å². The molecule has 0 aromatic heterocycles. The minimum atomic E-state index is -0.387. The number of nitrogens with two attached hydrogens (primary N) is 1. The van der Waals surface area contributed by atoms with Crippen LogP contribution in [0.2, 0.25) is 5.02 Å². The summed E-state index contributed by atoms with van der Waals surface area (Å²) in [7, 11) is 0. The molecule has 0 aliphatic carbocycles. The number of aryl methyl sites for hydroxylation is 1. The first-order chi connectivity index (χ1) is 8.75. The summed E-state index contributed by atoms with van der Waals surface area (Å²) in [6, 6.07) is 5.33. The van der Waals surface area contributed by atoms with Crippen molar-refractivity contribution in [2.75, 3.05) is 6.54 Å². The van der Waals surface area contributed by atoms with Crippen molar-refractivity contribution in [2.45, 2.75) is 39.7 Å². The summed E-state index contributed by atoms with van der Waals surface area (Å²) in [5, 5.41) is 3.60. The third-order valence-electron chi connectivity index (χ3n) is 3.03. The fourth-order valence-electron chi connectivity index (χ4n) is 2.30. The number of nitrogens with one attached hydrogen (secondary N) is 1. The normalized spacial score (nSPS) is 13.6. The fourth-order valence-corrected chi connectivity index (χ4v) is 2.59. The Kier molecular flexibility index (Phi) is 7.56. The topological polar surface area (TPSA) is 55.1 Å². The van der Waals surface area contributed by atoms with Crippen molar-refractivity contribution in [2.24, 2.45) is 11.7 Å². The highest BCUT2D eigenvalue weighted by atomic mass is 35.5. The van der Waals surface area contributed by atoms with Gasteiger partial charge in [0, 0.05) is 22.7 Å². The molecular formula is C15H24Cl2N2O. The molecular weight excluding hydrogens is 295 g/mol. The number of carbonyl (C=O) groups is 1. The van der Waals surface area contributed by atoms with Gasteiger partial charge in [-0.3, -0.25) is 4.79 Å². The van der Waals surface area contributed by atoms with Crippen molar-refractivity contribution in [3.05, 3.63) is 34.3 Å². The molecule has 5 heteroatoms. The molecule has 0 aliphatic heterocycles. The number of benzene rings is 1. The number of carbonyl (C=O) groups excluding carboxylic acids is 1. The minimum absolute atomic E-state index is 0. The summed E-state index contributed by atoms with van der Waals surface area (Å²) in [6.07, 6.45) is 0.842. The molecule has 1 amide bonds. The van der Waals surface area contributed by atoms with Gasteiger partial charge < -0.3 is 11.1 Å². The van der Waals surface area contributed by atoms with Crippen molar-refractivity contribution in [1.82, 2.24) is 5.32 Å². The molecule has 0 fully saturated rings. The van der Waals surface area contributed by atoms with Gasteiger partial charge >= 0.3 is 0 Å². The molecule has 0 aliphatic rings. The minimum Gasteiger partial charge on any atom is -0.346 e. The zero-order chi connectivity index (χ0) is 14.6. The van der Waals surface area contributed by atoms with E-state index in [4.69, 9.17) is 17.3 Å². The monoisotopic (exact) mass is 318 g/mol. The third-order valence-corrected chi connectivity index (χ3v) is 3.25. The Morgan fingerprint density at radius 1 is 1.40 bits per heavy atom. The van der Waals surface area contributed by atoms with Gasteiger partial charge in [-0.2, -0.15) is 0 Å². The lowest BCUT2D eigenvalue weighted by Crippen LogP contribution is -2.52. The Morgan fingerprint density at radius 2 is 2.00 bits per heavy atom.